The first-order valence-corrected chi connectivity index (χ1v) is 12.5. The molecule has 3 rings (SSSR count). The molecule has 0 bridgehead atoms. The van der Waals surface area contributed by atoms with E-state index in [-0.39, 0.29) is 23.8 Å². The van der Waals surface area contributed by atoms with Crippen LogP contribution < -0.4 is 19.5 Å². The molecule has 0 unspecified atom stereocenters. The van der Waals surface area contributed by atoms with Gasteiger partial charge in [-0.3, -0.25) is 4.79 Å². The standard InChI is InChI=1S/C24H32N2O6S/c1-30-20-15-18(16-21(31-2)24(20)32-3)11-12-23(27)25-17-19-9-5-6-10-22(19)33(28,29)26-13-7-4-8-14-26/h5-6,9-10,15-16H,4,7-8,11-14,17H2,1-3H3,(H,25,27). The maximum atomic E-state index is 13.1. The third-order valence-corrected chi connectivity index (χ3v) is 7.75. The van der Waals surface area contributed by atoms with Gasteiger partial charge < -0.3 is 19.5 Å². The Morgan fingerprint density at radius 1 is 0.970 bits per heavy atom. The van der Waals surface area contributed by atoms with E-state index < -0.39 is 10.0 Å². The summed E-state index contributed by atoms with van der Waals surface area (Å²) >= 11 is 0. The minimum atomic E-state index is -3.58. The van der Waals surface area contributed by atoms with Crippen molar-refractivity contribution >= 4 is 15.9 Å². The molecule has 0 radical (unpaired) electrons. The average Bonchev–Trinajstić information content (AvgIpc) is 2.86. The summed E-state index contributed by atoms with van der Waals surface area (Å²) in [5.74, 6) is 1.39. The van der Waals surface area contributed by atoms with Crippen LogP contribution in [0.2, 0.25) is 0 Å². The van der Waals surface area contributed by atoms with Gasteiger partial charge in [-0.15, -0.1) is 0 Å². The molecule has 8 nitrogen and oxygen atoms in total. The highest BCUT2D eigenvalue weighted by Gasteiger charge is 2.27. The number of sulfonamides is 1. The zero-order valence-electron chi connectivity index (χ0n) is 19.4. The minimum absolute atomic E-state index is 0.150. The molecule has 0 spiro atoms. The quantitative estimate of drug-likeness (QED) is 0.566. The fourth-order valence-corrected chi connectivity index (χ4v) is 5.70. The minimum Gasteiger partial charge on any atom is -0.493 e. The van der Waals surface area contributed by atoms with Crippen molar-refractivity contribution in [2.75, 3.05) is 34.4 Å². The molecule has 9 heteroatoms. The second-order valence-corrected chi connectivity index (χ2v) is 9.79. The number of rotatable bonds is 10. The molecule has 33 heavy (non-hydrogen) atoms. The van der Waals surface area contributed by atoms with Crippen LogP contribution in [-0.4, -0.2) is 53.0 Å². The molecule has 1 fully saturated rings. The number of nitrogens with one attached hydrogen (secondary N) is 1. The Bertz CT molecular complexity index is 1040. The van der Waals surface area contributed by atoms with Crippen LogP contribution in [0.5, 0.6) is 17.2 Å². The van der Waals surface area contributed by atoms with Gasteiger partial charge in [0, 0.05) is 26.1 Å². The van der Waals surface area contributed by atoms with Crippen LogP contribution in [0.15, 0.2) is 41.3 Å². The molecule has 2 aromatic carbocycles. The fraction of sp³-hybridized carbons (Fsp3) is 0.458. The second kappa shape index (κ2) is 11.4. The number of aryl methyl sites for hydroxylation is 1. The van der Waals surface area contributed by atoms with Crippen molar-refractivity contribution in [3.63, 3.8) is 0 Å². The molecular weight excluding hydrogens is 444 g/mol. The number of hydrogen-bond acceptors (Lipinski definition) is 6. The molecule has 1 aliphatic heterocycles. The topological polar surface area (TPSA) is 94.2 Å². The van der Waals surface area contributed by atoms with Crippen LogP contribution in [0, 0.1) is 0 Å². The molecule has 1 heterocycles. The Morgan fingerprint density at radius 2 is 1.61 bits per heavy atom. The summed E-state index contributed by atoms with van der Waals surface area (Å²) in [6.45, 7) is 1.23. The Balaban J connectivity index is 1.64. The highest BCUT2D eigenvalue weighted by atomic mass is 32.2. The van der Waals surface area contributed by atoms with Crippen molar-refractivity contribution in [1.82, 2.24) is 9.62 Å². The Labute approximate surface area is 195 Å². The number of carbonyl (C=O) groups is 1. The summed E-state index contributed by atoms with van der Waals surface area (Å²) in [4.78, 5) is 12.8. The van der Waals surface area contributed by atoms with Gasteiger partial charge in [0.15, 0.2) is 11.5 Å². The van der Waals surface area contributed by atoms with E-state index in [1.165, 1.54) is 7.11 Å². The van der Waals surface area contributed by atoms with Crippen LogP contribution >= 0.6 is 0 Å². The summed E-state index contributed by atoms with van der Waals surface area (Å²) in [7, 11) is 1.05. The Morgan fingerprint density at radius 3 is 2.21 bits per heavy atom. The normalized spacial score (nSPS) is 14.5. The molecule has 0 saturated carbocycles. The van der Waals surface area contributed by atoms with Crippen LogP contribution in [0.3, 0.4) is 0 Å². The van der Waals surface area contributed by atoms with Crippen LogP contribution in [0.4, 0.5) is 0 Å². The van der Waals surface area contributed by atoms with Gasteiger partial charge in [-0.25, -0.2) is 8.42 Å². The van der Waals surface area contributed by atoms with Gasteiger partial charge in [0.25, 0.3) is 0 Å². The molecule has 0 aliphatic carbocycles. The highest BCUT2D eigenvalue weighted by Crippen LogP contribution is 2.38. The zero-order valence-corrected chi connectivity index (χ0v) is 20.2. The van der Waals surface area contributed by atoms with E-state index in [9.17, 15) is 13.2 Å². The van der Waals surface area contributed by atoms with Crippen LogP contribution in [-0.2, 0) is 27.8 Å². The second-order valence-electron chi connectivity index (χ2n) is 7.88. The van der Waals surface area contributed by atoms with Gasteiger partial charge in [-0.2, -0.15) is 4.31 Å². The molecule has 1 amide bonds. The summed E-state index contributed by atoms with van der Waals surface area (Å²) < 4.78 is 43.8. The van der Waals surface area contributed by atoms with E-state index in [0.717, 1.165) is 24.8 Å². The first-order chi connectivity index (χ1) is 15.9. The van der Waals surface area contributed by atoms with Gasteiger partial charge in [-0.1, -0.05) is 24.6 Å². The lowest BCUT2D eigenvalue weighted by molar-refractivity contribution is -0.121. The third-order valence-electron chi connectivity index (χ3n) is 5.75. The number of amides is 1. The number of carbonyl (C=O) groups excluding carboxylic acids is 1. The van der Waals surface area contributed by atoms with Crippen molar-refractivity contribution in [2.45, 2.75) is 43.5 Å². The molecule has 1 aliphatic rings. The van der Waals surface area contributed by atoms with E-state index in [4.69, 9.17) is 14.2 Å². The van der Waals surface area contributed by atoms with Crippen molar-refractivity contribution in [1.29, 1.82) is 0 Å². The van der Waals surface area contributed by atoms with Gasteiger partial charge in [0.05, 0.1) is 26.2 Å². The van der Waals surface area contributed by atoms with Crippen LogP contribution in [0.25, 0.3) is 0 Å². The predicted octanol–water partition coefficient (Wildman–Crippen LogP) is 3.14. The number of benzene rings is 2. The van der Waals surface area contributed by atoms with E-state index in [0.29, 0.717) is 42.3 Å². The Hall–Kier alpha value is -2.78. The molecule has 1 N–H and O–H groups in total. The lowest BCUT2D eigenvalue weighted by Gasteiger charge is -2.26. The lowest BCUT2D eigenvalue weighted by atomic mass is 10.1. The van der Waals surface area contributed by atoms with Gasteiger partial charge in [-0.05, 0) is 48.6 Å². The first kappa shape index (κ1) is 24.9. The van der Waals surface area contributed by atoms with Gasteiger partial charge in [0.2, 0.25) is 21.7 Å². The van der Waals surface area contributed by atoms with Gasteiger partial charge >= 0.3 is 0 Å². The predicted molar refractivity (Wildman–Crippen MR) is 125 cm³/mol. The molecule has 1 saturated heterocycles. The Kier molecular flexibility index (Phi) is 8.57. The molecule has 0 atom stereocenters. The monoisotopic (exact) mass is 476 g/mol. The number of piperidine rings is 1. The first-order valence-electron chi connectivity index (χ1n) is 11.0. The third kappa shape index (κ3) is 5.97. The fourth-order valence-electron chi connectivity index (χ4n) is 3.97. The average molecular weight is 477 g/mol. The zero-order chi connectivity index (χ0) is 23.8. The summed E-state index contributed by atoms with van der Waals surface area (Å²) in [6.07, 6.45) is 3.50. The van der Waals surface area contributed by atoms with E-state index in [2.05, 4.69) is 5.32 Å². The lowest BCUT2D eigenvalue weighted by Crippen LogP contribution is -2.36. The number of ether oxygens (including phenoxy) is 3. The van der Waals surface area contributed by atoms with E-state index in [1.807, 2.05) is 12.1 Å². The molecular formula is C24H32N2O6S. The highest BCUT2D eigenvalue weighted by molar-refractivity contribution is 7.89. The molecule has 180 valence electrons. The van der Waals surface area contributed by atoms with Crippen molar-refractivity contribution in [2.24, 2.45) is 0 Å². The van der Waals surface area contributed by atoms with E-state index in [1.54, 1.807) is 42.8 Å². The summed E-state index contributed by atoms with van der Waals surface area (Å²) in [5, 5.41) is 2.86. The summed E-state index contributed by atoms with van der Waals surface area (Å²) in [6, 6.07) is 10.5. The molecule has 0 aromatic heterocycles. The van der Waals surface area contributed by atoms with Crippen LogP contribution in [0.1, 0.15) is 36.8 Å². The maximum absolute atomic E-state index is 13.1. The smallest absolute Gasteiger partial charge is 0.243 e. The largest absolute Gasteiger partial charge is 0.493 e. The maximum Gasteiger partial charge on any atom is 0.243 e. The number of nitrogens with zero attached hydrogens (tertiary/aromatic N) is 1. The van der Waals surface area contributed by atoms with Crippen molar-refractivity contribution in [3.8, 4) is 17.2 Å². The number of hydrogen-bond donors (Lipinski definition) is 1. The summed E-state index contributed by atoms with van der Waals surface area (Å²) in [5.41, 5.74) is 1.46. The van der Waals surface area contributed by atoms with Crippen molar-refractivity contribution < 1.29 is 27.4 Å². The SMILES string of the molecule is COc1cc(CCC(=O)NCc2ccccc2S(=O)(=O)N2CCCCC2)cc(OC)c1OC. The van der Waals surface area contributed by atoms with Gasteiger partial charge in [0.1, 0.15) is 0 Å². The number of methoxy groups -OCH3 is 3. The van der Waals surface area contributed by atoms with Crippen molar-refractivity contribution in [3.05, 3.63) is 47.5 Å². The molecule has 2 aromatic rings. The van der Waals surface area contributed by atoms with E-state index >= 15 is 0 Å².